The molecule has 2 heterocycles. The number of cyclic esters (lactones) is 1. The topological polar surface area (TPSA) is 70.0 Å². The number of fused-ring (bicyclic) bond motifs is 2. The molecular formula is C36H34N2O5. The second-order valence-electron chi connectivity index (χ2n) is 10.3. The number of hydrogen-bond acceptors (Lipinski definition) is 6. The van der Waals surface area contributed by atoms with Crippen LogP contribution in [0.5, 0.6) is 5.75 Å². The van der Waals surface area contributed by atoms with E-state index >= 15 is 0 Å². The molecule has 0 N–H and O–H groups in total. The molecule has 7 nitrogen and oxygen atoms in total. The zero-order valence-corrected chi connectivity index (χ0v) is 24.8. The molecule has 0 bridgehead atoms. The Balaban J connectivity index is 1.72. The maximum atomic E-state index is 14.0. The maximum Gasteiger partial charge on any atom is 0.341 e. The summed E-state index contributed by atoms with van der Waals surface area (Å²) in [5.41, 5.74) is 4.38. The minimum Gasteiger partial charge on any atom is -0.494 e. The van der Waals surface area contributed by atoms with Gasteiger partial charge in [-0.3, -0.25) is 4.90 Å². The highest BCUT2D eigenvalue weighted by molar-refractivity contribution is 6.02. The van der Waals surface area contributed by atoms with Gasteiger partial charge in [0.05, 0.1) is 29.9 Å². The lowest BCUT2D eigenvalue weighted by molar-refractivity contribution is 0.0136. The third-order valence-electron chi connectivity index (χ3n) is 7.98. The summed E-state index contributed by atoms with van der Waals surface area (Å²) in [5.74, 6) is -0.253. The van der Waals surface area contributed by atoms with Gasteiger partial charge in [0.2, 0.25) is 5.72 Å². The summed E-state index contributed by atoms with van der Waals surface area (Å²) in [7, 11) is 0. The molecule has 218 valence electrons. The van der Waals surface area contributed by atoms with Crippen LogP contribution in [0.25, 0.3) is 10.9 Å². The van der Waals surface area contributed by atoms with Crippen molar-refractivity contribution < 1.29 is 23.8 Å². The van der Waals surface area contributed by atoms with Crippen LogP contribution in [0.3, 0.4) is 0 Å². The number of benzene rings is 4. The summed E-state index contributed by atoms with van der Waals surface area (Å²) in [6.45, 7) is 9.41. The maximum absolute atomic E-state index is 14.0. The molecule has 0 aliphatic carbocycles. The molecule has 1 aromatic heterocycles. The van der Waals surface area contributed by atoms with Crippen molar-refractivity contribution in [2.24, 2.45) is 0 Å². The number of hydrogen-bond donors (Lipinski definition) is 0. The highest BCUT2D eigenvalue weighted by Gasteiger charge is 2.55. The Bertz CT molecular complexity index is 1810. The summed E-state index contributed by atoms with van der Waals surface area (Å²) in [6.07, 6.45) is 0. The Hall–Kier alpha value is -5.04. The van der Waals surface area contributed by atoms with Crippen LogP contribution in [0.1, 0.15) is 58.3 Å². The first kappa shape index (κ1) is 28.1. The molecule has 0 radical (unpaired) electrons. The van der Waals surface area contributed by atoms with Gasteiger partial charge in [0.15, 0.2) is 0 Å². The summed E-state index contributed by atoms with van der Waals surface area (Å²) in [5, 5.41) is 0.976. The fraction of sp³-hybridized carbons (Fsp3) is 0.222. The van der Waals surface area contributed by atoms with Gasteiger partial charge in [0, 0.05) is 40.1 Å². The van der Waals surface area contributed by atoms with Gasteiger partial charge in [-0.15, -0.1) is 0 Å². The van der Waals surface area contributed by atoms with E-state index in [9.17, 15) is 9.59 Å². The van der Waals surface area contributed by atoms with Crippen molar-refractivity contribution in [3.8, 4) is 5.75 Å². The van der Waals surface area contributed by atoms with E-state index in [1.54, 1.807) is 19.1 Å². The largest absolute Gasteiger partial charge is 0.494 e. The number of esters is 2. The second-order valence-corrected chi connectivity index (χ2v) is 10.3. The predicted octanol–water partition coefficient (Wildman–Crippen LogP) is 7.75. The molecule has 7 heteroatoms. The zero-order chi connectivity index (χ0) is 30.1. The van der Waals surface area contributed by atoms with Crippen LogP contribution in [-0.4, -0.2) is 29.7 Å². The van der Waals surface area contributed by atoms with Gasteiger partial charge in [-0.2, -0.15) is 0 Å². The van der Waals surface area contributed by atoms with Crippen molar-refractivity contribution in [1.82, 2.24) is 4.57 Å². The van der Waals surface area contributed by atoms with Crippen molar-refractivity contribution in [2.45, 2.75) is 40.0 Å². The first-order valence-electron chi connectivity index (χ1n) is 14.7. The molecule has 0 amide bonds. The number of para-hydroxylation sites is 2. The fourth-order valence-electron chi connectivity index (χ4n) is 6.27. The third kappa shape index (κ3) is 4.52. The van der Waals surface area contributed by atoms with Gasteiger partial charge in [-0.05, 0) is 82.3 Å². The van der Waals surface area contributed by atoms with Crippen molar-refractivity contribution in [3.05, 3.63) is 125 Å². The van der Waals surface area contributed by atoms with Gasteiger partial charge in [-0.25, -0.2) is 9.59 Å². The zero-order valence-electron chi connectivity index (χ0n) is 24.8. The lowest BCUT2D eigenvalue weighted by Gasteiger charge is -2.42. The van der Waals surface area contributed by atoms with Crippen LogP contribution in [-0.2, 0) is 21.7 Å². The van der Waals surface area contributed by atoms with E-state index in [2.05, 4.69) is 35.4 Å². The molecule has 1 aliphatic heterocycles. The number of aryl methyl sites for hydroxylation is 1. The standard InChI is InChI=1S/C36H34N2O5/c1-5-37-24(4)33(29-15-11-12-16-32(29)37)36(31-22-17-25(34(39)42-7-3)23-30(31)35(40)43-36)38(26-13-9-8-10-14-26)27-18-20-28(21-19-27)41-6-2/h8-23H,5-7H2,1-4H3. The number of anilines is 2. The third-order valence-corrected chi connectivity index (χ3v) is 7.98. The Kier molecular flexibility index (Phi) is 7.40. The molecule has 43 heavy (non-hydrogen) atoms. The van der Waals surface area contributed by atoms with E-state index in [0.29, 0.717) is 23.3 Å². The smallest absolute Gasteiger partial charge is 0.341 e. The normalized spacial score (nSPS) is 15.7. The second kappa shape index (κ2) is 11.3. The monoisotopic (exact) mass is 574 g/mol. The molecule has 4 aromatic carbocycles. The highest BCUT2D eigenvalue weighted by Crippen LogP contribution is 2.53. The van der Waals surface area contributed by atoms with Crippen LogP contribution in [0.2, 0.25) is 0 Å². The quantitative estimate of drug-likeness (QED) is 0.168. The summed E-state index contributed by atoms with van der Waals surface area (Å²) in [6, 6.07) is 31.0. The molecule has 0 fully saturated rings. The van der Waals surface area contributed by atoms with Crippen LogP contribution >= 0.6 is 0 Å². The molecule has 6 rings (SSSR count). The SMILES string of the molecule is CCOC(=O)c1ccc2c(c1)C(=O)OC2(c1c(C)n(CC)c2ccccc12)N(c1ccccc1)c1ccc(OCC)cc1. The fourth-order valence-corrected chi connectivity index (χ4v) is 6.27. The predicted molar refractivity (Wildman–Crippen MR) is 167 cm³/mol. The molecule has 0 spiro atoms. The van der Waals surface area contributed by atoms with Crippen LogP contribution in [0.4, 0.5) is 11.4 Å². The van der Waals surface area contributed by atoms with Crippen LogP contribution in [0.15, 0.2) is 97.1 Å². The summed E-state index contributed by atoms with van der Waals surface area (Å²) < 4.78 is 19.9. The molecule has 1 aliphatic rings. The van der Waals surface area contributed by atoms with Crippen LogP contribution < -0.4 is 9.64 Å². The molecule has 0 saturated heterocycles. The van der Waals surface area contributed by atoms with Gasteiger partial charge >= 0.3 is 11.9 Å². The minimum atomic E-state index is -1.40. The van der Waals surface area contributed by atoms with Crippen molar-refractivity contribution in [3.63, 3.8) is 0 Å². The number of aromatic nitrogens is 1. The first-order valence-corrected chi connectivity index (χ1v) is 14.7. The van der Waals surface area contributed by atoms with Crippen molar-refractivity contribution in [1.29, 1.82) is 0 Å². The van der Waals surface area contributed by atoms with E-state index in [-0.39, 0.29) is 6.61 Å². The van der Waals surface area contributed by atoms with E-state index < -0.39 is 17.7 Å². The molecule has 5 aromatic rings. The molecular weight excluding hydrogens is 540 g/mol. The number of carbonyl (C=O) groups is 2. The van der Waals surface area contributed by atoms with E-state index in [1.807, 2.05) is 79.7 Å². The van der Waals surface area contributed by atoms with Crippen molar-refractivity contribution in [2.75, 3.05) is 18.1 Å². The number of rotatable bonds is 9. The molecule has 1 atom stereocenters. The van der Waals surface area contributed by atoms with Crippen LogP contribution in [0, 0.1) is 6.92 Å². The Morgan fingerprint density at radius 2 is 1.56 bits per heavy atom. The Morgan fingerprint density at radius 1 is 0.860 bits per heavy atom. The summed E-state index contributed by atoms with van der Waals surface area (Å²) in [4.78, 5) is 28.8. The van der Waals surface area contributed by atoms with Gasteiger partial charge in [0.25, 0.3) is 0 Å². The molecule has 1 unspecified atom stereocenters. The average molecular weight is 575 g/mol. The van der Waals surface area contributed by atoms with Gasteiger partial charge < -0.3 is 18.8 Å². The minimum absolute atomic E-state index is 0.236. The lowest BCUT2D eigenvalue weighted by Crippen LogP contribution is -2.45. The van der Waals surface area contributed by atoms with E-state index in [1.165, 1.54) is 0 Å². The Morgan fingerprint density at radius 3 is 2.26 bits per heavy atom. The number of nitrogens with zero attached hydrogens (tertiary/aromatic N) is 2. The van der Waals surface area contributed by atoms with E-state index in [4.69, 9.17) is 14.2 Å². The first-order chi connectivity index (χ1) is 20.9. The van der Waals surface area contributed by atoms with Crippen molar-refractivity contribution >= 4 is 34.2 Å². The highest BCUT2D eigenvalue weighted by atomic mass is 16.6. The Labute approximate surface area is 251 Å². The lowest BCUT2D eigenvalue weighted by atomic mass is 9.87. The summed E-state index contributed by atoms with van der Waals surface area (Å²) >= 11 is 0. The van der Waals surface area contributed by atoms with Gasteiger partial charge in [-0.1, -0.05) is 42.5 Å². The molecule has 0 saturated carbocycles. The number of carbonyl (C=O) groups excluding carboxylic acids is 2. The van der Waals surface area contributed by atoms with E-state index in [0.717, 1.165) is 45.8 Å². The number of ether oxygens (including phenoxy) is 3. The van der Waals surface area contributed by atoms with Gasteiger partial charge in [0.1, 0.15) is 5.75 Å². The average Bonchev–Trinajstić information content (AvgIpc) is 3.48.